The van der Waals surface area contributed by atoms with Gasteiger partial charge in [0.05, 0.1) is 23.4 Å². The molecule has 0 aliphatic heterocycles. The van der Waals surface area contributed by atoms with Gasteiger partial charge in [0.2, 0.25) is 0 Å². The van der Waals surface area contributed by atoms with E-state index < -0.39 is 11.7 Å². The number of rotatable bonds is 4. The Kier molecular flexibility index (Phi) is 5.28. The number of amides is 1. The van der Waals surface area contributed by atoms with E-state index in [0.717, 1.165) is 16.5 Å². The number of nitrogens with zero attached hydrogens (tertiary/aromatic N) is 2. The Bertz CT molecular complexity index is 751. The number of halogens is 1. The quantitative estimate of drug-likeness (QED) is 0.535. The van der Waals surface area contributed by atoms with Crippen molar-refractivity contribution in [3.05, 3.63) is 65.0 Å². The van der Waals surface area contributed by atoms with Crippen molar-refractivity contribution in [1.82, 2.24) is 5.43 Å². The summed E-state index contributed by atoms with van der Waals surface area (Å²) in [6.07, 6.45) is 3.46. The van der Waals surface area contributed by atoms with Crippen molar-refractivity contribution in [3.8, 4) is 6.07 Å². The maximum atomic E-state index is 13.7. The van der Waals surface area contributed by atoms with Crippen LogP contribution in [-0.2, 0) is 0 Å². The van der Waals surface area contributed by atoms with E-state index in [1.807, 2.05) is 30.5 Å². The second-order valence-electron chi connectivity index (χ2n) is 4.28. The van der Waals surface area contributed by atoms with Crippen LogP contribution in [0.25, 0.3) is 0 Å². The lowest BCUT2D eigenvalue weighted by atomic mass is 10.1. The summed E-state index contributed by atoms with van der Waals surface area (Å²) in [6, 6.07) is 13.1. The average Bonchev–Trinajstić information content (AvgIpc) is 2.55. The molecule has 22 heavy (non-hydrogen) atoms. The number of hydrogen-bond donors (Lipinski definition) is 1. The van der Waals surface area contributed by atoms with Gasteiger partial charge < -0.3 is 0 Å². The Morgan fingerprint density at radius 3 is 2.64 bits per heavy atom. The highest BCUT2D eigenvalue weighted by Gasteiger charge is 2.11. The number of nitriles is 1. The molecule has 4 nitrogen and oxygen atoms in total. The summed E-state index contributed by atoms with van der Waals surface area (Å²) >= 11 is 1.63. The molecule has 0 spiro atoms. The van der Waals surface area contributed by atoms with Crippen LogP contribution in [0.1, 0.15) is 21.5 Å². The maximum absolute atomic E-state index is 13.7. The van der Waals surface area contributed by atoms with Gasteiger partial charge in [-0.3, -0.25) is 4.79 Å². The molecule has 2 aromatic carbocycles. The second-order valence-corrected chi connectivity index (χ2v) is 5.16. The van der Waals surface area contributed by atoms with E-state index >= 15 is 0 Å². The lowest BCUT2D eigenvalue weighted by Gasteiger charge is -2.02. The fourth-order valence-corrected chi connectivity index (χ4v) is 2.09. The van der Waals surface area contributed by atoms with Gasteiger partial charge in [-0.1, -0.05) is 12.1 Å². The van der Waals surface area contributed by atoms with Crippen LogP contribution in [0.3, 0.4) is 0 Å². The molecule has 1 N–H and O–H groups in total. The molecule has 0 aromatic heterocycles. The van der Waals surface area contributed by atoms with Gasteiger partial charge in [-0.2, -0.15) is 10.4 Å². The summed E-state index contributed by atoms with van der Waals surface area (Å²) in [5, 5.41) is 12.4. The van der Waals surface area contributed by atoms with Crippen LogP contribution in [0.2, 0.25) is 0 Å². The lowest BCUT2D eigenvalue weighted by molar-refractivity contribution is 0.0951. The third-order valence-electron chi connectivity index (χ3n) is 2.84. The van der Waals surface area contributed by atoms with Crippen LogP contribution in [0.5, 0.6) is 0 Å². The molecule has 2 rings (SSSR count). The Morgan fingerprint density at radius 2 is 2.05 bits per heavy atom. The third kappa shape index (κ3) is 3.93. The Balaban J connectivity index is 2.03. The first kappa shape index (κ1) is 15.7. The first-order valence-corrected chi connectivity index (χ1v) is 7.53. The molecular weight excluding hydrogens is 301 g/mol. The molecule has 0 saturated carbocycles. The number of carbonyl (C=O) groups is 1. The molecule has 6 heteroatoms. The molecule has 0 aliphatic carbocycles. The molecule has 0 fully saturated rings. The first-order chi connectivity index (χ1) is 10.6. The van der Waals surface area contributed by atoms with E-state index in [1.54, 1.807) is 17.8 Å². The highest BCUT2D eigenvalue weighted by atomic mass is 32.2. The SMILES string of the molecule is CSc1ccc(C=NNC(=O)c2ccc(C#N)cc2F)cc1. The Hall–Kier alpha value is -2.65. The Morgan fingerprint density at radius 1 is 1.32 bits per heavy atom. The van der Waals surface area contributed by atoms with E-state index in [2.05, 4.69) is 10.5 Å². The number of carbonyl (C=O) groups excluding carboxylic acids is 1. The van der Waals surface area contributed by atoms with Gasteiger partial charge in [-0.25, -0.2) is 9.82 Å². The predicted molar refractivity (Wildman–Crippen MR) is 84.4 cm³/mol. The summed E-state index contributed by atoms with van der Waals surface area (Å²) in [7, 11) is 0. The van der Waals surface area contributed by atoms with Crippen LogP contribution in [-0.4, -0.2) is 18.4 Å². The van der Waals surface area contributed by atoms with Crippen LogP contribution in [0, 0.1) is 17.1 Å². The van der Waals surface area contributed by atoms with Gasteiger partial charge in [0.25, 0.3) is 5.91 Å². The van der Waals surface area contributed by atoms with E-state index in [-0.39, 0.29) is 11.1 Å². The Labute approximate surface area is 131 Å². The summed E-state index contributed by atoms with van der Waals surface area (Å²) in [6.45, 7) is 0. The minimum absolute atomic E-state index is 0.158. The zero-order chi connectivity index (χ0) is 15.9. The summed E-state index contributed by atoms with van der Waals surface area (Å²) in [5.74, 6) is -1.42. The summed E-state index contributed by atoms with van der Waals surface area (Å²) in [4.78, 5) is 12.9. The van der Waals surface area contributed by atoms with E-state index in [1.165, 1.54) is 18.3 Å². The number of hydrazone groups is 1. The number of benzene rings is 2. The smallest absolute Gasteiger partial charge is 0.267 e. The molecule has 2 aromatic rings. The standard InChI is InChI=1S/C16H12FN3OS/c1-22-13-5-2-11(3-6-13)10-19-20-16(21)14-7-4-12(9-18)8-15(14)17/h2-8,10H,1H3,(H,20,21). The van der Waals surface area contributed by atoms with Gasteiger partial charge in [0, 0.05) is 4.90 Å². The average molecular weight is 313 g/mol. The number of thioether (sulfide) groups is 1. The zero-order valence-electron chi connectivity index (χ0n) is 11.7. The van der Waals surface area contributed by atoms with Gasteiger partial charge in [0.1, 0.15) is 5.82 Å². The van der Waals surface area contributed by atoms with Crippen molar-refractivity contribution in [2.24, 2.45) is 5.10 Å². The van der Waals surface area contributed by atoms with Gasteiger partial charge in [0.15, 0.2) is 0 Å². The van der Waals surface area contributed by atoms with Crippen molar-refractivity contribution < 1.29 is 9.18 Å². The van der Waals surface area contributed by atoms with Crippen LogP contribution in [0.4, 0.5) is 4.39 Å². The fraction of sp³-hybridized carbons (Fsp3) is 0.0625. The highest BCUT2D eigenvalue weighted by Crippen LogP contribution is 2.14. The minimum Gasteiger partial charge on any atom is -0.267 e. The van der Waals surface area contributed by atoms with Crippen LogP contribution < -0.4 is 5.43 Å². The minimum atomic E-state index is -0.754. The molecule has 110 valence electrons. The normalized spacial score (nSPS) is 10.4. The van der Waals surface area contributed by atoms with Crippen LogP contribution >= 0.6 is 11.8 Å². The van der Waals surface area contributed by atoms with E-state index in [9.17, 15) is 9.18 Å². The van der Waals surface area contributed by atoms with Gasteiger partial charge >= 0.3 is 0 Å². The molecule has 0 unspecified atom stereocenters. The first-order valence-electron chi connectivity index (χ1n) is 6.31. The second kappa shape index (κ2) is 7.38. The van der Waals surface area contributed by atoms with Gasteiger partial charge in [-0.15, -0.1) is 11.8 Å². The maximum Gasteiger partial charge on any atom is 0.274 e. The molecule has 1 amide bonds. The van der Waals surface area contributed by atoms with Crippen LogP contribution in [0.15, 0.2) is 52.5 Å². The van der Waals surface area contributed by atoms with Crippen molar-refractivity contribution in [2.75, 3.05) is 6.26 Å². The van der Waals surface area contributed by atoms with Crippen molar-refractivity contribution in [3.63, 3.8) is 0 Å². The molecular formula is C16H12FN3OS. The van der Waals surface area contributed by atoms with E-state index in [0.29, 0.717) is 0 Å². The topological polar surface area (TPSA) is 65.2 Å². The summed E-state index contributed by atoms with van der Waals surface area (Å²) in [5.41, 5.74) is 3.07. The van der Waals surface area contributed by atoms with Crippen molar-refractivity contribution in [2.45, 2.75) is 4.90 Å². The predicted octanol–water partition coefficient (Wildman–Crippen LogP) is 3.18. The van der Waals surface area contributed by atoms with Gasteiger partial charge in [-0.05, 0) is 42.2 Å². The van der Waals surface area contributed by atoms with Crippen molar-refractivity contribution >= 4 is 23.9 Å². The monoisotopic (exact) mass is 313 g/mol. The zero-order valence-corrected chi connectivity index (χ0v) is 12.5. The molecule has 0 radical (unpaired) electrons. The van der Waals surface area contributed by atoms with Crippen molar-refractivity contribution in [1.29, 1.82) is 5.26 Å². The number of hydrogen-bond acceptors (Lipinski definition) is 4. The lowest BCUT2D eigenvalue weighted by Crippen LogP contribution is -2.19. The molecule has 0 bridgehead atoms. The fourth-order valence-electron chi connectivity index (χ4n) is 1.68. The molecule has 0 saturated heterocycles. The molecule has 0 heterocycles. The third-order valence-corrected chi connectivity index (χ3v) is 3.58. The van der Waals surface area contributed by atoms with E-state index in [4.69, 9.17) is 5.26 Å². The molecule has 0 aliphatic rings. The summed E-state index contributed by atoms with van der Waals surface area (Å²) < 4.78 is 13.7. The molecule has 0 atom stereocenters. The highest BCUT2D eigenvalue weighted by molar-refractivity contribution is 7.98. The number of nitrogens with one attached hydrogen (secondary N) is 1. The largest absolute Gasteiger partial charge is 0.274 e.